The van der Waals surface area contributed by atoms with Gasteiger partial charge in [-0.3, -0.25) is 14.7 Å². The number of hydrogen-bond acceptors (Lipinski definition) is 5. The lowest BCUT2D eigenvalue weighted by molar-refractivity contribution is -0.274. The number of rotatable bonds is 8. The van der Waals surface area contributed by atoms with Crippen LogP contribution in [0.4, 0.5) is 18.9 Å². The maximum Gasteiger partial charge on any atom is 0.573 e. The fourth-order valence-electron chi connectivity index (χ4n) is 5.14. The number of carbonyl (C=O) groups excluding carboxylic acids is 1. The van der Waals surface area contributed by atoms with Crippen molar-refractivity contribution in [3.8, 4) is 5.75 Å². The number of amides is 1. The minimum Gasteiger partial charge on any atom is -0.406 e. The van der Waals surface area contributed by atoms with Gasteiger partial charge in [-0.15, -0.1) is 19.8 Å². The van der Waals surface area contributed by atoms with E-state index in [1.807, 2.05) is 12.3 Å². The standard InChI is InChI=1S/C29H29F3N4O2/c1-2-4-23-15-25(35-13-11-34(12-14-35)18-22-5-3-10-33-17-22)16-24-20-36(28(37)27(23)24)19-21-6-8-26(9-7-21)38-29(30,31)32/h2-3,5-10,15-17H,1,4,11-14,18-20H2. The quantitative estimate of drug-likeness (QED) is 0.382. The van der Waals surface area contributed by atoms with Gasteiger partial charge in [0.1, 0.15) is 5.75 Å². The summed E-state index contributed by atoms with van der Waals surface area (Å²) in [6.07, 6.45) is 1.34. The van der Waals surface area contributed by atoms with E-state index in [1.54, 1.807) is 29.3 Å². The molecule has 2 aliphatic rings. The summed E-state index contributed by atoms with van der Waals surface area (Å²) in [6.45, 7) is 9.14. The molecule has 0 aliphatic carbocycles. The molecule has 0 N–H and O–H groups in total. The molecule has 2 aromatic carbocycles. The largest absolute Gasteiger partial charge is 0.573 e. The highest BCUT2D eigenvalue weighted by Crippen LogP contribution is 2.33. The van der Waals surface area contributed by atoms with Crippen LogP contribution in [0.3, 0.4) is 0 Å². The number of aromatic nitrogens is 1. The summed E-state index contributed by atoms with van der Waals surface area (Å²) >= 11 is 0. The number of ether oxygens (including phenoxy) is 1. The molecule has 3 heterocycles. The van der Waals surface area contributed by atoms with Gasteiger partial charge in [-0.2, -0.15) is 0 Å². The molecule has 0 saturated carbocycles. The first-order valence-corrected chi connectivity index (χ1v) is 12.6. The highest BCUT2D eigenvalue weighted by atomic mass is 19.4. The predicted octanol–water partition coefficient (Wildman–Crippen LogP) is 5.19. The zero-order valence-electron chi connectivity index (χ0n) is 21.0. The minimum atomic E-state index is -4.74. The number of allylic oxidation sites excluding steroid dienone is 1. The van der Waals surface area contributed by atoms with Crippen LogP contribution in [0, 0.1) is 0 Å². The minimum absolute atomic E-state index is 0.0692. The van der Waals surface area contributed by atoms with Crippen molar-refractivity contribution >= 4 is 11.6 Å². The molecule has 1 fully saturated rings. The maximum atomic E-state index is 13.3. The molecule has 3 aromatic rings. The molecule has 6 nitrogen and oxygen atoms in total. The number of pyridine rings is 1. The number of piperazine rings is 1. The molecular weight excluding hydrogens is 493 g/mol. The van der Waals surface area contributed by atoms with Crippen molar-refractivity contribution in [3.63, 3.8) is 0 Å². The Balaban J connectivity index is 1.27. The Kier molecular flexibility index (Phi) is 7.37. The Bertz CT molecular complexity index is 1290. The second kappa shape index (κ2) is 10.9. The van der Waals surface area contributed by atoms with Crippen molar-refractivity contribution in [2.24, 2.45) is 0 Å². The third kappa shape index (κ3) is 5.99. The van der Waals surface area contributed by atoms with E-state index in [4.69, 9.17) is 0 Å². The van der Waals surface area contributed by atoms with E-state index in [1.165, 1.54) is 17.7 Å². The van der Waals surface area contributed by atoms with Crippen LogP contribution in [0.25, 0.3) is 0 Å². The monoisotopic (exact) mass is 522 g/mol. The molecule has 0 radical (unpaired) electrons. The van der Waals surface area contributed by atoms with Gasteiger partial charge in [0.2, 0.25) is 0 Å². The van der Waals surface area contributed by atoms with Crippen LogP contribution in [-0.2, 0) is 26.1 Å². The molecule has 9 heteroatoms. The van der Waals surface area contributed by atoms with Gasteiger partial charge in [0, 0.05) is 69.5 Å². The molecule has 2 aliphatic heterocycles. The highest BCUT2D eigenvalue weighted by molar-refractivity contribution is 6.00. The van der Waals surface area contributed by atoms with Crippen LogP contribution >= 0.6 is 0 Å². The van der Waals surface area contributed by atoms with Gasteiger partial charge in [-0.05, 0) is 59.0 Å². The summed E-state index contributed by atoms with van der Waals surface area (Å²) < 4.78 is 41.3. The van der Waals surface area contributed by atoms with Crippen molar-refractivity contribution in [1.29, 1.82) is 0 Å². The first-order chi connectivity index (χ1) is 18.3. The third-order valence-electron chi connectivity index (χ3n) is 6.91. The topological polar surface area (TPSA) is 48.9 Å². The van der Waals surface area contributed by atoms with E-state index >= 15 is 0 Å². The first kappa shape index (κ1) is 25.8. The fraction of sp³-hybridized carbons (Fsp3) is 0.310. The zero-order chi connectivity index (χ0) is 26.7. The molecule has 0 atom stereocenters. The van der Waals surface area contributed by atoms with E-state index in [0.717, 1.165) is 55.1 Å². The average molecular weight is 523 g/mol. The maximum absolute atomic E-state index is 13.3. The second-order valence-electron chi connectivity index (χ2n) is 9.61. The zero-order valence-corrected chi connectivity index (χ0v) is 21.0. The van der Waals surface area contributed by atoms with Gasteiger partial charge in [0.05, 0.1) is 0 Å². The number of halogens is 3. The van der Waals surface area contributed by atoms with E-state index in [9.17, 15) is 18.0 Å². The number of anilines is 1. The number of nitrogens with zero attached hydrogens (tertiary/aromatic N) is 4. The molecule has 1 amide bonds. The molecule has 0 bridgehead atoms. The number of benzene rings is 2. The van der Waals surface area contributed by atoms with E-state index < -0.39 is 6.36 Å². The summed E-state index contributed by atoms with van der Waals surface area (Å²) in [4.78, 5) is 24.1. The summed E-state index contributed by atoms with van der Waals surface area (Å²) in [6, 6.07) is 13.9. The molecule has 1 saturated heterocycles. The Morgan fingerprint density at radius 3 is 2.42 bits per heavy atom. The summed E-state index contributed by atoms with van der Waals surface area (Å²) in [5, 5.41) is 0. The molecule has 0 spiro atoms. The lowest BCUT2D eigenvalue weighted by atomic mass is 9.98. The summed E-state index contributed by atoms with van der Waals surface area (Å²) in [5.41, 5.74) is 5.67. The van der Waals surface area contributed by atoms with Crippen LogP contribution in [0.15, 0.2) is 73.6 Å². The van der Waals surface area contributed by atoms with Crippen molar-refractivity contribution in [1.82, 2.24) is 14.8 Å². The third-order valence-corrected chi connectivity index (χ3v) is 6.91. The van der Waals surface area contributed by atoms with Crippen LogP contribution in [-0.4, -0.2) is 53.2 Å². The Labute approximate surface area is 219 Å². The second-order valence-corrected chi connectivity index (χ2v) is 9.61. The molecule has 0 unspecified atom stereocenters. The van der Waals surface area contributed by atoms with Crippen molar-refractivity contribution in [2.75, 3.05) is 31.1 Å². The lowest BCUT2D eigenvalue weighted by Crippen LogP contribution is -2.46. The highest BCUT2D eigenvalue weighted by Gasteiger charge is 2.32. The number of hydrogen-bond donors (Lipinski definition) is 0. The molecule has 38 heavy (non-hydrogen) atoms. The van der Waals surface area contributed by atoms with Gasteiger partial charge < -0.3 is 14.5 Å². The van der Waals surface area contributed by atoms with Crippen LogP contribution < -0.4 is 9.64 Å². The molecule has 198 valence electrons. The summed E-state index contributed by atoms with van der Waals surface area (Å²) in [5.74, 6) is -0.351. The number of alkyl halides is 3. The van der Waals surface area contributed by atoms with E-state index in [-0.39, 0.29) is 11.7 Å². The molecular formula is C29H29F3N4O2. The fourth-order valence-corrected chi connectivity index (χ4v) is 5.14. The summed E-state index contributed by atoms with van der Waals surface area (Å²) in [7, 11) is 0. The number of carbonyl (C=O) groups is 1. The van der Waals surface area contributed by atoms with Crippen molar-refractivity contribution in [2.45, 2.75) is 32.4 Å². The SMILES string of the molecule is C=CCc1cc(N2CCN(Cc3cccnc3)CC2)cc2c1C(=O)N(Cc1ccc(OC(F)(F)F)cc1)C2. The van der Waals surface area contributed by atoms with Gasteiger partial charge in [-0.25, -0.2) is 0 Å². The van der Waals surface area contributed by atoms with Gasteiger partial charge in [0.25, 0.3) is 5.91 Å². The van der Waals surface area contributed by atoms with Crippen LogP contribution in [0.2, 0.25) is 0 Å². The molecule has 1 aromatic heterocycles. The Morgan fingerprint density at radius 1 is 1.00 bits per heavy atom. The lowest BCUT2D eigenvalue weighted by Gasteiger charge is -2.36. The average Bonchev–Trinajstić information content (AvgIpc) is 3.20. The van der Waals surface area contributed by atoms with Crippen molar-refractivity contribution < 1.29 is 22.7 Å². The molecule has 5 rings (SSSR count). The van der Waals surface area contributed by atoms with Gasteiger partial charge in [0.15, 0.2) is 0 Å². The van der Waals surface area contributed by atoms with Crippen LogP contribution in [0.1, 0.15) is 32.6 Å². The van der Waals surface area contributed by atoms with Gasteiger partial charge >= 0.3 is 6.36 Å². The Morgan fingerprint density at radius 2 is 1.76 bits per heavy atom. The van der Waals surface area contributed by atoms with Crippen molar-refractivity contribution in [3.05, 3.63) is 101 Å². The first-order valence-electron chi connectivity index (χ1n) is 12.6. The smallest absolute Gasteiger partial charge is 0.406 e. The van der Waals surface area contributed by atoms with Gasteiger partial charge in [-0.1, -0.05) is 24.3 Å². The van der Waals surface area contributed by atoms with E-state index in [0.29, 0.717) is 25.1 Å². The Hall–Kier alpha value is -3.85. The number of fused-ring (bicyclic) bond motifs is 1. The predicted molar refractivity (Wildman–Crippen MR) is 139 cm³/mol. The normalized spacial score (nSPS) is 16.0. The van der Waals surface area contributed by atoms with E-state index in [2.05, 4.69) is 44.3 Å². The van der Waals surface area contributed by atoms with Crippen LogP contribution in [0.5, 0.6) is 5.75 Å².